The number of carbonyl (C=O) groups excluding carboxylic acids is 1. The van der Waals surface area contributed by atoms with Gasteiger partial charge in [-0.05, 0) is 43.9 Å². The molecule has 2 heterocycles. The van der Waals surface area contributed by atoms with Crippen LogP contribution in [0.1, 0.15) is 47.2 Å². The van der Waals surface area contributed by atoms with E-state index in [0.29, 0.717) is 11.3 Å². The minimum atomic E-state index is -0.167. The second-order valence-electron chi connectivity index (χ2n) is 7.26. The summed E-state index contributed by atoms with van der Waals surface area (Å²) in [6.07, 6.45) is 1.94. The van der Waals surface area contributed by atoms with E-state index in [-0.39, 0.29) is 11.8 Å². The first-order valence-corrected chi connectivity index (χ1v) is 10.8. The number of ether oxygens (including phenoxy) is 1. The highest BCUT2D eigenvalue weighted by Gasteiger charge is 2.20. The molecule has 1 N–H and O–H groups in total. The summed E-state index contributed by atoms with van der Waals surface area (Å²) in [5, 5.41) is 3.76. The molecule has 0 bridgehead atoms. The molecule has 0 unspecified atom stereocenters. The Hall–Kier alpha value is -2.12. The number of nitrogens with one attached hydrogen (secondary N) is 1. The van der Waals surface area contributed by atoms with E-state index in [2.05, 4.69) is 46.2 Å². The number of carbonyl (C=O) groups is 1. The lowest BCUT2D eigenvalue weighted by Crippen LogP contribution is -2.36. The highest BCUT2D eigenvalue weighted by molar-refractivity contribution is 7.98. The Balaban J connectivity index is 1.83. The lowest BCUT2D eigenvalue weighted by atomic mass is 10.1. The van der Waals surface area contributed by atoms with Gasteiger partial charge in [0, 0.05) is 30.4 Å². The van der Waals surface area contributed by atoms with Crippen LogP contribution >= 0.6 is 11.8 Å². The monoisotopic (exact) mass is 400 g/mol. The number of rotatable bonds is 5. The maximum Gasteiger partial charge on any atom is 0.260 e. The number of benzene rings is 1. The number of hydrogen-bond acceptors (Lipinski definition) is 6. The van der Waals surface area contributed by atoms with Crippen molar-refractivity contribution in [1.82, 2.24) is 9.97 Å². The van der Waals surface area contributed by atoms with Gasteiger partial charge in [0.25, 0.3) is 5.91 Å². The van der Waals surface area contributed by atoms with Gasteiger partial charge in [-0.2, -0.15) is 0 Å². The summed E-state index contributed by atoms with van der Waals surface area (Å²) in [4.78, 5) is 24.4. The van der Waals surface area contributed by atoms with Crippen molar-refractivity contribution in [3.8, 4) is 0 Å². The topological polar surface area (TPSA) is 67.4 Å². The molecule has 7 heteroatoms. The Morgan fingerprint density at radius 2 is 1.93 bits per heavy atom. The highest BCUT2D eigenvalue weighted by Crippen LogP contribution is 2.27. The van der Waals surface area contributed by atoms with Crippen molar-refractivity contribution in [3.05, 3.63) is 40.8 Å². The van der Waals surface area contributed by atoms with E-state index in [0.717, 1.165) is 54.1 Å². The quantitative estimate of drug-likeness (QED) is 0.604. The first-order chi connectivity index (χ1) is 13.4. The summed E-state index contributed by atoms with van der Waals surface area (Å²) in [5.74, 6) is 0.820. The minimum Gasteiger partial charge on any atom is -0.378 e. The fourth-order valence-electron chi connectivity index (χ4n) is 3.23. The van der Waals surface area contributed by atoms with Crippen molar-refractivity contribution in [3.63, 3.8) is 0 Å². The van der Waals surface area contributed by atoms with Gasteiger partial charge in [0.15, 0.2) is 0 Å². The molecule has 0 atom stereocenters. The van der Waals surface area contributed by atoms with Gasteiger partial charge in [-0.3, -0.25) is 4.79 Å². The summed E-state index contributed by atoms with van der Waals surface area (Å²) in [6.45, 7) is 11.3. The molecule has 0 aliphatic carbocycles. The number of morpholine rings is 1. The summed E-state index contributed by atoms with van der Waals surface area (Å²) < 4.78 is 5.42. The SMILES string of the molecule is CSc1nc(C(C)C)nc(C)c1C(=O)Nc1ccc(N2CCOCC2)cc1C. The Kier molecular flexibility index (Phi) is 6.57. The van der Waals surface area contributed by atoms with E-state index in [4.69, 9.17) is 4.74 Å². The Labute approximate surface area is 171 Å². The average molecular weight is 401 g/mol. The number of aryl methyl sites for hydroxylation is 2. The molecule has 6 nitrogen and oxygen atoms in total. The molecule has 1 aromatic heterocycles. The van der Waals surface area contributed by atoms with Crippen LogP contribution in [0.4, 0.5) is 11.4 Å². The average Bonchev–Trinajstić information content (AvgIpc) is 2.69. The number of anilines is 2. The number of thioether (sulfide) groups is 1. The molecule has 1 saturated heterocycles. The molecule has 1 amide bonds. The molecular weight excluding hydrogens is 372 g/mol. The summed E-state index contributed by atoms with van der Waals surface area (Å²) in [5.41, 5.74) is 4.25. The zero-order chi connectivity index (χ0) is 20.3. The van der Waals surface area contributed by atoms with E-state index in [1.807, 2.05) is 26.2 Å². The van der Waals surface area contributed by atoms with Crippen molar-refractivity contribution >= 4 is 29.0 Å². The molecule has 1 aliphatic rings. The van der Waals surface area contributed by atoms with Gasteiger partial charge in [0.1, 0.15) is 10.9 Å². The van der Waals surface area contributed by atoms with Crippen LogP contribution in [0.15, 0.2) is 23.2 Å². The van der Waals surface area contributed by atoms with Crippen LogP contribution in [0, 0.1) is 13.8 Å². The molecular formula is C21H28N4O2S. The van der Waals surface area contributed by atoms with Gasteiger partial charge in [-0.1, -0.05) is 13.8 Å². The van der Waals surface area contributed by atoms with Crippen molar-refractivity contribution in [2.75, 3.05) is 42.8 Å². The molecule has 3 rings (SSSR count). The predicted octanol–water partition coefficient (Wildman–Crippen LogP) is 4.03. The molecule has 0 saturated carbocycles. The standard InChI is InChI=1S/C21H28N4O2S/c1-13(2)19-22-15(4)18(21(24-19)28-5)20(26)23-17-7-6-16(12-14(17)3)25-8-10-27-11-9-25/h6-7,12-13H,8-11H2,1-5H3,(H,23,26). The predicted molar refractivity (Wildman–Crippen MR) is 115 cm³/mol. The zero-order valence-electron chi connectivity index (χ0n) is 17.2. The Morgan fingerprint density at radius 1 is 1.21 bits per heavy atom. The first kappa shape index (κ1) is 20.6. The van der Waals surface area contributed by atoms with Crippen LogP contribution in [0.25, 0.3) is 0 Å². The molecule has 150 valence electrons. The number of hydrogen-bond donors (Lipinski definition) is 1. The van der Waals surface area contributed by atoms with Crippen molar-refractivity contribution < 1.29 is 9.53 Å². The smallest absolute Gasteiger partial charge is 0.260 e. The number of nitrogens with zero attached hydrogens (tertiary/aromatic N) is 3. The van der Waals surface area contributed by atoms with Gasteiger partial charge >= 0.3 is 0 Å². The largest absolute Gasteiger partial charge is 0.378 e. The third kappa shape index (κ3) is 4.47. The van der Waals surface area contributed by atoms with Crippen molar-refractivity contribution in [1.29, 1.82) is 0 Å². The molecule has 28 heavy (non-hydrogen) atoms. The van der Waals surface area contributed by atoms with E-state index >= 15 is 0 Å². The Morgan fingerprint density at radius 3 is 2.54 bits per heavy atom. The minimum absolute atomic E-state index is 0.167. The van der Waals surface area contributed by atoms with Gasteiger partial charge in [0.05, 0.1) is 24.5 Å². The number of aromatic nitrogens is 2. The van der Waals surface area contributed by atoms with Gasteiger partial charge in [0.2, 0.25) is 0 Å². The Bertz CT molecular complexity index is 864. The second kappa shape index (κ2) is 8.92. The van der Waals surface area contributed by atoms with Crippen LogP contribution in [0.2, 0.25) is 0 Å². The second-order valence-corrected chi connectivity index (χ2v) is 8.05. The fourth-order valence-corrected chi connectivity index (χ4v) is 3.86. The van der Waals surface area contributed by atoms with Gasteiger partial charge in [-0.25, -0.2) is 9.97 Å². The van der Waals surface area contributed by atoms with Crippen LogP contribution in [-0.2, 0) is 4.74 Å². The molecule has 2 aromatic rings. The highest BCUT2D eigenvalue weighted by atomic mass is 32.2. The molecule has 0 spiro atoms. The van der Waals surface area contributed by atoms with Crippen LogP contribution in [-0.4, -0.2) is 48.4 Å². The van der Waals surface area contributed by atoms with Crippen LogP contribution < -0.4 is 10.2 Å². The summed E-state index contributed by atoms with van der Waals surface area (Å²) in [6, 6.07) is 6.13. The first-order valence-electron chi connectivity index (χ1n) is 9.58. The van der Waals surface area contributed by atoms with E-state index in [9.17, 15) is 4.79 Å². The summed E-state index contributed by atoms with van der Waals surface area (Å²) >= 11 is 1.48. The van der Waals surface area contributed by atoms with Crippen LogP contribution in [0.3, 0.4) is 0 Å². The van der Waals surface area contributed by atoms with Crippen molar-refractivity contribution in [2.45, 2.75) is 38.6 Å². The molecule has 1 aliphatic heterocycles. The maximum absolute atomic E-state index is 13.0. The van der Waals surface area contributed by atoms with Crippen molar-refractivity contribution in [2.24, 2.45) is 0 Å². The lowest BCUT2D eigenvalue weighted by Gasteiger charge is -2.29. The third-order valence-corrected chi connectivity index (χ3v) is 5.53. The van der Waals surface area contributed by atoms with Gasteiger partial charge < -0.3 is 15.0 Å². The van der Waals surface area contributed by atoms with E-state index < -0.39 is 0 Å². The molecule has 1 fully saturated rings. The fraction of sp³-hybridized carbons (Fsp3) is 0.476. The van der Waals surface area contributed by atoms with Crippen LogP contribution in [0.5, 0.6) is 0 Å². The van der Waals surface area contributed by atoms with Gasteiger partial charge in [-0.15, -0.1) is 11.8 Å². The van der Waals surface area contributed by atoms with E-state index in [1.54, 1.807) is 0 Å². The normalized spacial score (nSPS) is 14.4. The zero-order valence-corrected chi connectivity index (χ0v) is 18.0. The summed E-state index contributed by atoms with van der Waals surface area (Å²) in [7, 11) is 0. The number of amides is 1. The van der Waals surface area contributed by atoms with E-state index in [1.165, 1.54) is 11.8 Å². The lowest BCUT2D eigenvalue weighted by molar-refractivity contribution is 0.102. The molecule has 0 radical (unpaired) electrons. The molecule has 1 aromatic carbocycles. The third-order valence-electron chi connectivity index (χ3n) is 4.85. The maximum atomic E-state index is 13.0.